The van der Waals surface area contributed by atoms with Crippen molar-refractivity contribution < 1.29 is 34.5 Å². The molecule has 1 saturated heterocycles. The van der Waals surface area contributed by atoms with Gasteiger partial charge in [-0.3, -0.25) is 38.8 Å². The van der Waals surface area contributed by atoms with Gasteiger partial charge in [0.25, 0.3) is 0 Å². The average Bonchev–Trinajstić information content (AvgIpc) is 2.66. The highest BCUT2D eigenvalue weighted by Gasteiger charge is 2.28. The predicted octanol–water partition coefficient (Wildman–Crippen LogP) is -1.52. The van der Waals surface area contributed by atoms with Crippen molar-refractivity contribution in [1.82, 2.24) is 24.9 Å². The summed E-state index contributed by atoms with van der Waals surface area (Å²) in [6.45, 7) is 9.85. The largest absolute Gasteiger partial charge is 0.480 e. The highest BCUT2D eigenvalue weighted by molar-refractivity contribution is 5.78. The molecule has 0 aliphatic carbocycles. The Bertz CT molecular complexity index is 724. The van der Waals surface area contributed by atoms with E-state index in [0.29, 0.717) is 58.8 Å². The Morgan fingerprint density at radius 2 is 0.917 bits per heavy atom. The third kappa shape index (κ3) is 14.9. The molecule has 208 valence electrons. The summed E-state index contributed by atoms with van der Waals surface area (Å²) < 4.78 is 0. The van der Waals surface area contributed by atoms with Crippen molar-refractivity contribution in [3.05, 3.63) is 0 Å². The second-order valence-electron chi connectivity index (χ2n) is 10.9. The minimum atomic E-state index is -1.00. The van der Waals surface area contributed by atoms with Gasteiger partial charge in [-0.05, 0) is 34.1 Å². The molecule has 1 aliphatic rings. The lowest BCUT2D eigenvalue weighted by Gasteiger charge is -2.35. The quantitative estimate of drug-likeness (QED) is 0.214. The summed E-state index contributed by atoms with van der Waals surface area (Å²) >= 11 is 0. The molecule has 0 unspecified atom stereocenters. The lowest BCUT2D eigenvalue weighted by molar-refractivity contribution is -0.140. The molecule has 0 spiro atoms. The molecule has 1 aliphatic heterocycles. The van der Waals surface area contributed by atoms with Crippen LogP contribution in [0.1, 0.15) is 34.1 Å². The maximum absolute atomic E-state index is 12.9. The van der Waals surface area contributed by atoms with E-state index in [9.17, 15) is 34.5 Å². The Hall–Kier alpha value is -2.32. The van der Waals surface area contributed by atoms with Crippen LogP contribution in [0, 0.1) is 0 Å². The number of carboxylic acid groups (broad SMARTS) is 3. The first-order chi connectivity index (χ1) is 16.5. The molecule has 1 amide bonds. The highest BCUT2D eigenvalue weighted by Crippen LogP contribution is 2.17. The van der Waals surface area contributed by atoms with Crippen LogP contribution in [0.3, 0.4) is 0 Å². The van der Waals surface area contributed by atoms with Crippen molar-refractivity contribution in [2.45, 2.75) is 45.2 Å². The topological polar surface area (TPSA) is 180 Å². The summed E-state index contributed by atoms with van der Waals surface area (Å²) in [5.41, 5.74) is 5.13. The first-order valence-electron chi connectivity index (χ1n) is 12.2. The number of nitrogens with two attached hydrogens (primary N) is 1. The summed E-state index contributed by atoms with van der Waals surface area (Å²) in [4.78, 5) is 53.9. The monoisotopic (exact) mass is 516 g/mol. The second-order valence-corrected chi connectivity index (χ2v) is 10.9. The molecule has 0 aromatic rings. The van der Waals surface area contributed by atoms with Crippen LogP contribution in [0.4, 0.5) is 0 Å². The molecular weight excluding hydrogens is 472 g/mol. The molecule has 0 saturated carbocycles. The van der Waals surface area contributed by atoms with Gasteiger partial charge in [-0.1, -0.05) is 0 Å². The van der Waals surface area contributed by atoms with E-state index in [1.807, 2.05) is 32.6 Å². The lowest BCUT2D eigenvalue weighted by Crippen LogP contribution is -2.54. The first kappa shape index (κ1) is 31.7. The van der Waals surface area contributed by atoms with Gasteiger partial charge >= 0.3 is 17.9 Å². The molecule has 1 fully saturated rings. The molecule has 0 atom stereocenters. The third-order valence-electron chi connectivity index (χ3n) is 5.75. The number of amides is 1. The second kappa shape index (κ2) is 14.4. The van der Waals surface area contributed by atoms with Gasteiger partial charge in [-0.25, -0.2) is 0 Å². The van der Waals surface area contributed by atoms with E-state index in [0.717, 1.165) is 0 Å². The van der Waals surface area contributed by atoms with Gasteiger partial charge in [-0.2, -0.15) is 0 Å². The molecule has 13 heteroatoms. The minimum Gasteiger partial charge on any atom is -0.480 e. The van der Waals surface area contributed by atoms with Crippen molar-refractivity contribution in [2.75, 3.05) is 78.5 Å². The Labute approximate surface area is 213 Å². The van der Waals surface area contributed by atoms with Crippen molar-refractivity contribution in [3.63, 3.8) is 0 Å². The van der Waals surface area contributed by atoms with Gasteiger partial charge in [-0.15, -0.1) is 0 Å². The van der Waals surface area contributed by atoms with Crippen LogP contribution in [0.15, 0.2) is 0 Å². The van der Waals surface area contributed by atoms with Crippen molar-refractivity contribution in [1.29, 1.82) is 0 Å². The maximum atomic E-state index is 12.9. The minimum absolute atomic E-state index is 0.0708. The van der Waals surface area contributed by atoms with Gasteiger partial charge in [0.1, 0.15) is 0 Å². The van der Waals surface area contributed by atoms with Crippen LogP contribution in [0.2, 0.25) is 0 Å². The number of hydrogen-bond acceptors (Lipinski definition) is 9. The Morgan fingerprint density at radius 1 is 0.639 bits per heavy atom. The van der Waals surface area contributed by atoms with Crippen molar-refractivity contribution in [2.24, 2.45) is 5.73 Å². The average molecular weight is 517 g/mol. The number of nitrogens with one attached hydrogen (secondary N) is 1. The molecule has 0 aromatic carbocycles. The normalized spacial score (nSPS) is 18.7. The molecule has 1 rings (SSSR count). The van der Waals surface area contributed by atoms with Crippen LogP contribution in [-0.2, 0) is 19.2 Å². The summed E-state index contributed by atoms with van der Waals surface area (Å²) in [5.74, 6) is -3.18. The zero-order valence-corrected chi connectivity index (χ0v) is 22.0. The fraction of sp³-hybridized carbons (Fsp3) is 0.826. The number of hydrogen-bond donors (Lipinski definition) is 5. The molecule has 13 nitrogen and oxygen atoms in total. The lowest BCUT2D eigenvalue weighted by atomic mass is 9.88. The van der Waals surface area contributed by atoms with E-state index >= 15 is 0 Å². The third-order valence-corrected chi connectivity index (χ3v) is 5.75. The Morgan fingerprint density at radius 3 is 1.17 bits per heavy atom. The number of rotatable bonds is 11. The number of nitrogens with zero attached hydrogens (tertiary/aromatic N) is 4. The predicted molar refractivity (Wildman–Crippen MR) is 134 cm³/mol. The van der Waals surface area contributed by atoms with Gasteiger partial charge in [0.2, 0.25) is 5.91 Å². The molecule has 0 radical (unpaired) electrons. The van der Waals surface area contributed by atoms with Gasteiger partial charge in [0.05, 0.1) is 26.2 Å². The Balaban J connectivity index is 2.99. The molecule has 1 heterocycles. The standard InChI is InChI=1S/C23H44N6O7/c1-22(2,24)17-23(3,4)25-18(30)13-26-5-7-27(14-19(31)32)9-11-29(16-21(35)36)12-10-28(8-6-26)15-20(33)34/h5-17,24H2,1-4H3,(H,25,30)(H,31,32)(H,33,34)(H,35,36). The van der Waals surface area contributed by atoms with Crippen LogP contribution in [-0.4, -0.2) is 148 Å². The van der Waals surface area contributed by atoms with Crippen molar-refractivity contribution in [3.8, 4) is 0 Å². The summed E-state index contributed by atoms with van der Waals surface area (Å²) in [5, 5.41) is 30.9. The number of carbonyl (C=O) groups is 4. The zero-order valence-electron chi connectivity index (χ0n) is 22.0. The highest BCUT2D eigenvalue weighted by atomic mass is 16.4. The first-order valence-corrected chi connectivity index (χ1v) is 12.2. The number of carbonyl (C=O) groups excluding carboxylic acids is 1. The summed E-state index contributed by atoms with van der Waals surface area (Å²) in [7, 11) is 0. The van der Waals surface area contributed by atoms with Crippen LogP contribution < -0.4 is 11.1 Å². The molecule has 36 heavy (non-hydrogen) atoms. The fourth-order valence-corrected chi connectivity index (χ4v) is 4.59. The molecule has 0 aromatic heterocycles. The number of carboxylic acids is 3. The van der Waals surface area contributed by atoms with E-state index in [1.54, 1.807) is 14.7 Å². The smallest absolute Gasteiger partial charge is 0.317 e. The molecular formula is C23H44N6O7. The number of aliphatic carboxylic acids is 3. The molecule has 0 bridgehead atoms. The van der Waals surface area contributed by atoms with Crippen molar-refractivity contribution >= 4 is 23.8 Å². The van der Waals surface area contributed by atoms with E-state index in [-0.39, 0.29) is 32.1 Å². The van der Waals surface area contributed by atoms with E-state index in [2.05, 4.69) is 5.32 Å². The van der Waals surface area contributed by atoms with Gasteiger partial charge in [0.15, 0.2) is 0 Å². The Kier molecular flexibility index (Phi) is 12.7. The van der Waals surface area contributed by atoms with Gasteiger partial charge in [0, 0.05) is 63.4 Å². The SMILES string of the molecule is CC(C)(N)CC(C)(C)NC(=O)CN1CCN(CC(=O)O)CCN(CC(=O)O)CCN(CC(=O)O)CC1. The van der Waals surface area contributed by atoms with E-state index < -0.39 is 29.0 Å². The van der Waals surface area contributed by atoms with Crippen LogP contribution in [0.5, 0.6) is 0 Å². The summed E-state index contributed by atoms with van der Waals surface area (Å²) in [6.07, 6.45) is 0.567. The maximum Gasteiger partial charge on any atom is 0.317 e. The van der Waals surface area contributed by atoms with E-state index in [1.165, 1.54) is 0 Å². The summed E-state index contributed by atoms with van der Waals surface area (Å²) in [6, 6.07) is 0. The molecule has 6 N–H and O–H groups in total. The van der Waals surface area contributed by atoms with E-state index in [4.69, 9.17) is 5.73 Å². The van der Waals surface area contributed by atoms with Crippen LogP contribution >= 0.6 is 0 Å². The fourth-order valence-electron chi connectivity index (χ4n) is 4.59. The zero-order chi connectivity index (χ0) is 27.5. The van der Waals surface area contributed by atoms with Crippen LogP contribution in [0.25, 0.3) is 0 Å². The van der Waals surface area contributed by atoms with Gasteiger partial charge < -0.3 is 26.4 Å².